The van der Waals surface area contributed by atoms with Crippen LogP contribution < -0.4 is 10.6 Å². The van der Waals surface area contributed by atoms with E-state index in [9.17, 15) is 4.79 Å². The fourth-order valence-electron chi connectivity index (χ4n) is 2.15. The van der Waals surface area contributed by atoms with Gasteiger partial charge in [0, 0.05) is 10.2 Å². The molecule has 0 aliphatic carbocycles. The summed E-state index contributed by atoms with van der Waals surface area (Å²) >= 11 is 8.60. The number of hydrogen-bond donors (Lipinski definition) is 2. The first-order valence-corrected chi connectivity index (χ1v) is 7.83. The van der Waals surface area contributed by atoms with Crippen LogP contribution in [0.5, 0.6) is 0 Å². The van der Waals surface area contributed by atoms with E-state index in [0.717, 1.165) is 15.7 Å². The lowest BCUT2D eigenvalue weighted by atomic mass is 9.96. The number of carbonyl (C=O) groups excluding carboxylic acids is 1. The molecule has 0 fully saturated rings. The van der Waals surface area contributed by atoms with Crippen molar-refractivity contribution in [2.24, 2.45) is 0 Å². The minimum atomic E-state index is -0.335. The molecular weight excluding hydrogens is 352 g/mol. The summed E-state index contributed by atoms with van der Waals surface area (Å²) in [6.07, 6.45) is -0.169. The standard InChI is InChI=1S/C15H17BrN2O2S/c1-8(2)20-14(19)12-9(3)17-15(21)18-13(12)10-4-6-11(16)7-5-10/h4-8,13H,1-3H3,(H2,17,18,21)/t13-/m1/s1. The van der Waals surface area contributed by atoms with E-state index in [1.165, 1.54) is 0 Å². The van der Waals surface area contributed by atoms with E-state index >= 15 is 0 Å². The Labute approximate surface area is 138 Å². The van der Waals surface area contributed by atoms with Crippen LogP contribution in [0.1, 0.15) is 32.4 Å². The van der Waals surface area contributed by atoms with Crippen molar-refractivity contribution < 1.29 is 9.53 Å². The van der Waals surface area contributed by atoms with Gasteiger partial charge in [-0.05, 0) is 50.7 Å². The van der Waals surface area contributed by atoms with Gasteiger partial charge in [0.05, 0.1) is 17.7 Å². The highest BCUT2D eigenvalue weighted by Gasteiger charge is 2.31. The molecule has 1 heterocycles. The zero-order chi connectivity index (χ0) is 15.6. The summed E-state index contributed by atoms with van der Waals surface area (Å²) < 4.78 is 6.32. The Morgan fingerprint density at radius 3 is 2.52 bits per heavy atom. The predicted molar refractivity (Wildman–Crippen MR) is 89.7 cm³/mol. The quantitative estimate of drug-likeness (QED) is 0.633. The number of ether oxygens (including phenoxy) is 1. The van der Waals surface area contributed by atoms with Crippen molar-refractivity contribution >= 4 is 39.2 Å². The van der Waals surface area contributed by atoms with Gasteiger partial charge in [-0.2, -0.15) is 0 Å². The molecule has 2 N–H and O–H groups in total. The first-order valence-electron chi connectivity index (χ1n) is 6.63. The Bertz CT molecular complexity index is 596. The number of nitrogens with one attached hydrogen (secondary N) is 2. The number of thiocarbonyl (C=S) groups is 1. The summed E-state index contributed by atoms with van der Waals surface area (Å²) in [5.74, 6) is -0.335. The number of allylic oxidation sites excluding steroid dienone is 1. The van der Waals surface area contributed by atoms with Crippen LogP contribution in [-0.2, 0) is 9.53 Å². The van der Waals surface area contributed by atoms with E-state index in [2.05, 4.69) is 26.6 Å². The Hall–Kier alpha value is -1.40. The molecule has 0 saturated carbocycles. The minimum absolute atomic E-state index is 0.169. The second kappa shape index (κ2) is 6.58. The zero-order valence-electron chi connectivity index (χ0n) is 12.1. The summed E-state index contributed by atoms with van der Waals surface area (Å²) in [6.45, 7) is 5.49. The molecule has 6 heteroatoms. The van der Waals surface area contributed by atoms with Gasteiger partial charge < -0.3 is 15.4 Å². The summed E-state index contributed by atoms with van der Waals surface area (Å²) in [5, 5.41) is 6.62. The van der Waals surface area contributed by atoms with Gasteiger partial charge in [-0.25, -0.2) is 4.79 Å². The van der Waals surface area contributed by atoms with E-state index in [-0.39, 0.29) is 18.1 Å². The predicted octanol–water partition coefficient (Wildman–Crippen LogP) is 3.19. The fourth-order valence-corrected chi connectivity index (χ4v) is 2.68. The molecule has 0 amide bonds. The van der Waals surface area contributed by atoms with Crippen molar-refractivity contribution in [3.8, 4) is 0 Å². The van der Waals surface area contributed by atoms with Crippen molar-refractivity contribution in [2.75, 3.05) is 0 Å². The summed E-state index contributed by atoms with van der Waals surface area (Å²) in [6, 6.07) is 7.46. The van der Waals surface area contributed by atoms with Crippen molar-refractivity contribution in [1.29, 1.82) is 0 Å². The number of rotatable bonds is 3. The maximum absolute atomic E-state index is 12.4. The van der Waals surface area contributed by atoms with Gasteiger partial charge in [-0.3, -0.25) is 0 Å². The van der Waals surface area contributed by atoms with Crippen molar-refractivity contribution in [3.63, 3.8) is 0 Å². The van der Waals surface area contributed by atoms with Crippen LogP contribution in [0.2, 0.25) is 0 Å². The molecule has 1 aliphatic heterocycles. The van der Waals surface area contributed by atoms with Crippen LogP contribution in [0.4, 0.5) is 0 Å². The lowest BCUT2D eigenvalue weighted by Crippen LogP contribution is -2.45. The van der Waals surface area contributed by atoms with Crippen LogP contribution in [-0.4, -0.2) is 17.2 Å². The van der Waals surface area contributed by atoms with Crippen molar-refractivity contribution in [3.05, 3.63) is 45.6 Å². The zero-order valence-corrected chi connectivity index (χ0v) is 14.5. The average Bonchev–Trinajstić information content (AvgIpc) is 2.37. The van der Waals surface area contributed by atoms with Gasteiger partial charge in [-0.15, -0.1) is 0 Å². The maximum atomic E-state index is 12.4. The normalized spacial score (nSPS) is 18.3. The van der Waals surface area contributed by atoms with E-state index < -0.39 is 0 Å². The molecule has 4 nitrogen and oxygen atoms in total. The number of benzene rings is 1. The molecule has 1 atom stereocenters. The van der Waals surface area contributed by atoms with Gasteiger partial charge in [-0.1, -0.05) is 28.1 Å². The third-order valence-electron chi connectivity index (χ3n) is 3.04. The molecule has 0 radical (unpaired) electrons. The van der Waals surface area contributed by atoms with Crippen molar-refractivity contribution in [2.45, 2.75) is 32.9 Å². The average molecular weight is 369 g/mol. The third-order valence-corrected chi connectivity index (χ3v) is 3.78. The lowest BCUT2D eigenvalue weighted by Gasteiger charge is -2.30. The topological polar surface area (TPSA) is 50.4 Å². The third kappa shape index (κ3) is 3.83. The Morgan fingerprint density at radius 1 is 1.33 bits per heavy atom. The van der Waals surface area contributed by atoms with E-state index in [4.69, 9.17) is 17.0 Å². The Balaban J connectivity index is 2.40. The molecule has 1 aromatic carbocycles. The van der Waals surface area contributed by atoms with E-state index in [1.807, 2.05) is 45.0 Å². The lowest BCUT2D eigenvalue weighted by molar-refractivity contribution is -0.143. The van der Waals surface area contributed by atoms with Crippen LogP contribution in [0.15, 0.2) is 40.0 Å². The first kappa shape index (κ1) is 16.0. The molecule has 1 aromatic rings. The molecule has 1 aliphatic rings. The van der Waals surface area contributed by atoms with Gasteiger partial charge in [0.1, 0.15) is 0 Å². The molecule has 0 saturated heterocycles. The molecule has 112 valence electrons. The Kier molecular flexibility index (Phi) is 5.00. The summed E-state index contributed by atoms with van der Waals surface area (Å²) in [7, 11) is 0. The van der Waals surface area contributed by atoms with Gasteiger partial charge >= 0.3 is 5.97 Å². The molecule has 2 rings (SSSR count). The monoisotopic (exact) mass is 368 g/mol. The number of carbonyl (C=O) groups is 1. The molecular formula is C15H17BrN2O2S. The van der Waals surface area contributed by atoms with Crippen LogP contribution in [0.25, 0.3) is 0 Å². The highest BCUT2D eigenvalue weighted by atomic mass is 79.9. The molecule has 0 bridgehead atoms. The maximum Gasteiger partial charge on any atom is 0.338 e. The fraction of sp³-hybridized carbons (Fsp3) is 0.333. The molecule has 0 spiro atoms. The SMILES string of the molecule is CC1=C(C(=O)OC(C)C)[C@@H](c2ccc(Br)cc2)NC(=S)N1. The molecule has 21 heavy (non-hydrogen) atoms. The smallest absolute Gasteiger partial charge is 0.338 e. The van der Waals surface area contributed by atoms with Crippen LogP contribution in [0, 0.1) is 0 Å². The number of halogens is 1. The first-order chi connectivity index (χ1) is 9.88. The molecule has 0 unspecified atom stereocenters. The van der Waals surface area contributed by atoms with Gasteiger partial charge in [0.2, 0.25) is 0 Å². The number of esters is 1. The van der Waals surface area contributed by atoms with Crippen LogP contribution in [0.3, 0.4) is 0 Å². The van der Waals surface area contributed by atoms with Gasteiger partial charge in [0.15, 0.2) is 5.11 Å². The summed E-state index contributed by atoms with van der Waals surface area (Å²) in [5.41, 5.74) is 2.23. The van der Waals surface area contributed by atoms with Gasteiger partial charge in [0.25, 0.3) is 0 Å². The highest BCUT2D eigenvalue weighted by molar-refractivity contribution is 9.10. The number of hydrogen-bond acceptors (Lipinski definition) is 3. The Morgan fingerprint density at radius 2 is 1.95 bits per heavy atom. The second-order valence-electron chi connectivity index (χ2n) is 5.08. The second-order valence-corrected chi connectivity index (χ2v) is 6.40. The molecule has 0 aromatic heterocycles. The largest absolute Gasteiger partial charge is 0.459 e. The van der Waals surface area contributed by atoms with E-state index in [1.54, 1.807) is 0 Å². The minimum Gasteiger partial charge on any atom is -0.459 e. The van der Waals surface area contributed by atoms with Crippen LogP contribution >= 0.6 is 28.1 Å². The van der Waals surface area contributed by atoms with Crippen molar-refractivity contribution in [1.82, 2.24) is 10.6 Å². The highest BCUT2D eigenvalue weighted by Crippen LogP contribution is 2.28. The van der Waals surface area contributed by atoms with E-state index in [0.29, 0.717) is 10.7 Å². The summed E-state index contributed by atoms with van der Waals surface area (Å²) in [4.78, 5) is 12.4.